The highest BCUT2D eigenvalue weighted by Gasteiger charge is 2.24. The van der Waals surface area contributed by atoms with Gasteiger partial charge in [0, 0.05) is 17.2 Å². The lowest BCUT2D eigenvalue weighted by Crippen LogP contribution is -2.22. The van der Waals surface area contributed by atoms with Crippen LogP contribution >= 0.6 is 15.9 Å². The van der Waals surface area contributed by atoms with Crippen LogP contribution in [0.15, 0.2) is 24.5 Å². The van der Waals surface area contributed by atoms with Crippen LogP contribution in [0.3, 0.4) is 0 Å². The molecule has 1 fully saturated rings. The molecule has 2 heteroatoms. The zero-order chi connectivity index (χ0) is 11.4. The number of hydrogen-bond acceptors (Lipinski definition) is 1. The third-order valence-corrected chi connectivity index (χ3v) is 4.82. The van der Waals surface area contributed by atoms with E-state index >= 15 is 0 Å². The molecule has 0 bridgehead atoms. The van der Waals surface area contributed by atoms with Gasteiger partial charge in [0.1, 0.15) is 0 Å². The van der Waals surface area contributed by atoms with Crippen molar-refractivity contribution < 1.29 is 0 Å². The minimum Gasteiger partial charge on any atom is -0.265 e. The predicted octanol–water partition coefficient (Wildman–Crippen LogP) is 4.21. The zero-order valence-corrected chi connectivity index (χ0v) is 11.5. The monoisotopic (exact) mass is 281 g/mol. The van der Waals surface area contributed by atoms with E-state index in [1.807, 2.05) is 12.4 Å². The summed E-state index contributed by atoms with van der Waals surface area (Å²) in [5.74, 6) is 1.81. The molecule has 16 heavy (non-hydrogen) atoms. The first kappa shape index (κ1) is 12.1. The first-order chi connectivity index (χ1) is 7.75. The molecule has 0 amide bonds. The minimum absolute atomic E-state index is 0.641. The first-order valence-corrected chi connectivity index (χ1v) is 7.20. The Morgan fingerprint density at radius 3 is 2.50 bits per heavy atom. The first-order valence-electron chi connectivity index (χ1n) is 6.28. The van der Waals surface area contributed by atoms with E-state index in [0.717, 1.165) is 18.3 Å². The molecule has 0 radical (unpaired) electrons. The topological polar surface area (TPSA) is 12.9 Å². The molecule has 0 N–H and O–H groups in total. The summed E-state index contributed by atoms with van der Waals surface area (Å²) < 4.78 is 0. The summed E-state index contributed by atoms with van der Waals surface area (Å²) in [5.41, 5.74) is 1.40. The van der Waals surface area contributed by atoms with Crippen molar-refractivity contribution in [2.75, 3.05) is 0 Å². The number of alkyl halides is 1. The van der Waals surface area contributed by atoms with E-state index in [4.69, 9.17) is 0 Å². The average molecular weight is 282 g/mol. The van der Waals surface area contributed by atoms with Gasteiger partial charge in [-0.3, -0.25) is 4.98 Å². The number of hydrogen-bond donors (Lipinski definition) is 0. The standard InChI is InChI=1S/C14H20BrN/c1-11-2-4-13(5-3-11)14(15)10-12-6-8-16-9-7-12/h6-9,11,13-14H,2-5,10H2,1H3. The Bertz CT molecular complexity index is 304. The van der Waals surface area contributed by atoms with E-state index in [1.54, 1.807) is 0 Å². The van der Waals surface area contributed by atoms with Crippen LogP contribution in [0.5, 0.6) is 0 Å². The quantitative estimate of drug-likeness (QED) is 0.757. The Labute approximate surface area is 107 Å². The lowest BCUT2D eigenvalue weighted by atomic mass is 9.80. The molecule has 1 aliphatic rings. The van der Waals surface area contributed by atoms with E-state index < -0.39 is 0 Å². The molecule has 0 aliphatic heterocycles. The summed E-state index contributed by atoms with van der Waals surface area (Å²) in [5, 5.41) is 0. The van der Waals surface area contributed by atoms with Gasteiger partial charge in [-0.25, -0.2) is 0 Å². The second kappa shape index (κ2) is 5.81. The van der Waals surface area contributed by atoms with Crippen LogP contribution < -0.4 is 0 Å². The summed E-state index contributed by atoms with van der Waals surface area (Å²) in [6.07, 6.45) is 10.5. The van der Waals surface area contributed by atoms with Crippen molar-refractivity contribution in [2.24, 2.45) is 11.8 Å². The van der Waals surface area contributed by atoms with Gasteiger partial charge in [0.2, 0.25) is 0 Å². The number of halogens is 1. The van der Waals surface area contributed by atoms with Crippen molar-refractivity contribution >= 4 is 15.9 Å². The van der Waals surface area contributed by atoms with Crippen LogP contribution in [0.4, 0.5) is 0 Å². The summed E-state index contributed by atoms with van der Waals surface area (Å²) in [6, 6.07) is 4.25. The second-order valence-electron chi connectivity index (χ2n) is 5.10. The largest absolute Gasteiger partial charge is 0.265 e. The SMILES string of the molecule is CC1CCC(C(Br)Cc2ccncc2)CC1. The molecule has 1 aromatic heterocycles. The fraction of sp³-hybridized carbons (Fsp3) is 0.643. The van der Waals surface area contributed by atoms with Crippen molar-refractivity contribution in [1.29, 1.82) is 0 Å². The molecule has 1 aromatic rings. The molecule has 1 saturated carbocycles. The van der Waals surface area contributed by atoms with E-state index in [-0.39, 0.29) is 0 Å². The van der Waals surface area contributed by atoms with Crippen LogP contribution in [0.25, 0.3) is 0 Å². The highest BCUT2D eigenvalue weighted by molar-refractivity contribution is 9.09. The van der Waals surface area contributed by atoms with Gasteiger partial charge in [0.05, 0.1) is 0 Å². The van der Waals surface area contributed by atoms with Gasteiger partial charge < -0.3 is 0 Å². The maximum atomic E-state index is 4.06. The molecule has 2 rings (SSSR count). The lowest BCUT2D eigenvalue weighted by molar-refractivity contribution is 0.285. The van der Waals surface area contributed by atoms with Crippen molar-refractivity contribution in [2.45, 2.75) is 43.9 Å². The molecule has 1 unspecified atom stereocenters. The third-order valence-electron chi connectivity index (χ3n) is 3.75. The number of nitrogens with zero attached hydrogens (tertiary/aromatic N) is 1. The van der Waals surface area contributed by atoms with Crippen molar-refractivity contribution in [3.8, 4) is 0 Å². The van der Waals surface area contributed by atoms with Crippen LogP contribution in [-0.4, -0.2) is 9.81 Å². The molecular formula is C14H20BrN. The molecule has 0 aromatic carbocycles. The number of aromatic nitrogens is 1. The maximum Gasteiger partial charge on any atom is 0.0270 e. The van der Waals surface area contributed by atoms with E-state index in [1.165, 1.54) is 31.2 Å². The van der Waals surface area contributed by atoms with Crippen LogP contribution in [0.1, 0.15) is 38.2 Å². The van der Waals surface area contributed by atoms with Gasteiger partial charge in [0.25, 0.3) is 0 Å². The Kier molecular flexibility index (Phi) is 4.39. The summed E-state index contributed by atoms with van der Waals surface area (Å²) in [7, 11) is 0. The Morgan fingerprint density at radius 2 is 1.88 bits per heavy atom. The predicted molar refractivity (Wildman–Crippen MR) is 71.8 cm³/mol. The van der Waals surface area contributed by atoms with Gasteiger partial charge in [0.15, 0.2) is 0 Å². The molecule has 1 nitrogen and oxygen atoms in total. The Balaban J connectivity index is 1.86. The Morgan fingerprint density at radius 1 is 1.25 bits per heavy atom. The number of pyridine rings is 1. The van der Waals surface area contributed by atoms with Gasteiger partial charge in [-0.1, -0.05) is 35.7 Å². The van der Waals surface area contributed by atoms with Gasteiger partial charge in [-0.05, 0) is 48.8 Å². The second-order valence-corrected chi connectivity index (χ2v) is 6.27. The van der Waals surface area contributed by atoms with E-state index in [2.05, 4.69) is 40.0 Å². The van der Waals surface area contributed by atoms with Crippen molar-refractivity contribution in [3.05, 3.63) is 30.1 Å². The third kappa shape index (κ3) is 3.31. The highest BCUT2D eigenvalue weighted by atomic mass is 79.9. The molecule has 1 aliphatic carbocycles. The van der Waals surface area contributed by atoms with Crippen LogP contribution in [0, 0.1) is 11.8 Å². The minimum atomic E-state index is 0.641. The van der Waals surface area contributed by atoms with Gasteiger partial charge in [-0.2, -0.15) is 0 Å². The molecular weight excluding hydrogens is 262 g/mol. The van der Waals surface area contributed by atoms with E-state index in [0.29, 0.717) is 4.83 Å². The molecule has 1 heterocycles. The summed E-state index contributed by atoms with van der Waals surface area (Å²) in [4.78, 5) is 4.70. The Hall–Kier alpha value is -0.370. The molecule has 1 atom stereocenters. The molecule has 0 saturated heterocycles. The molecule has 0 spiro atoms. The fourth-order valence-electron chi connectivity index (χ4n) is 2.56. The summed E-state index contributed by atoms with van der Waals surface area (Å²) >= 11 is 3.88. The molecule has 88 valence electrons. The lowest BCUT2D eigenvalue weighted by Gasteiger charge is -2.29. The van der Waals surface area contributed by atoms with Gasteiger partial charge in [-0.15, -0.1) is 0 Å². The normalized spacial score (nSPS) is 27.6. The van der Waals surface area contributed by atoms with Crippen LogP contribution in [-0.2, 0) is 6.42 Å². The van der Waals surface area contributed by atoms with Crippen LogP contribution in [0.2, 0.25) is 0 Å². The average Bonchev–Trinajstić information content (AvgIpc) is 2.31. The smallest absolute Gasteiger partial charge is 0.0270 e. The van der Waals surface area contributed by atoms with E-state index in [9.17, 15) is 0 Å². The summed E-state index contributed by atoms with van der Waals surface area (Å²) in [6.45, 7) is 2.38. The number of rotatable bonds is 3. The van der Waals surface area contributed by atoms with Crippen molar-refractivity contribution in [1.82, 2.24) is 4.98 Å². The van der Waals surface area contributed by atoms with Gasteiger partial charge >= 0.3 is 0 Å². The fourth-order valence-corrected chi connectivity index (χ4v) is 3.46. The highest BCUT2D eigenvalue weighted by Crippen LogP contribution is 2.34. The maximum absolute atomic E-state index is 4.06. The zero-order valence-electron chi connectivity index (χ0n) is 9.90. The van der Waals surface area contributed by atoms with Crippen molar-refractivity contribution in [3.63, 3.8) is 0 Å².